The lowest BCUT2D eigenvalue weighted by Crippen LogP contribution is -2.24. The van der Waals surface area contributed by atoms with Gasteiger partial charge in [-0.1, -0.05) is 80.6 Å². The molecule has 0 aliphatic carbocycles. The number of benzene rings is 1. The fourth-order valence-corrected chi connectivity index (χ4v) is 3.69. The van der Waals surface area contributed by atoms with Crippen LogP contribution in [0.1, 0.15) is 36.3 Å². The lowest BCUT2D eigenvalue weighted by molar-refractivity contribution is 0.317. The Hall–Kier alpha value is -1.35. The van der Waals surface area contributed by atoms with Gasteiger partial charge in [0.15, 0.2) is 0 Å². The van der Waals surface area contributed by atoms with Gasteiger partial charge in [-0.15, -0.1) is 11.3 Å². The van der Waals surface area contributed by atoms with Gasteiger partial charge in [0.2, 0.25) is 0 Å². The molecule has 0 N–H and O–H groups in total. The number of fused-ring (bicyclic) bond motifs is 1. The van der Waals surface area contributed by atoms with E-state index in [1.807, 2.05) is 6.07 Å². The molecule has 0 saturated carbocycles. The average Bonchev–Trinajstić information content (AvgIpc) is 3.02. The molecule has 0 fully saturated rings. The molecule has 0 bridgehead atoms. The van der Waals surface area contributed by atoms with Crippen molar-refractivity contribution in [3.8, 4) is 0 Å². The van der Waals surface area contributed by atoms with Gasteiger partial charge in [0.05, 0.1) is 4.34 Å². The fraction of sp³-hybridized carbons (Fsp3) is 0.364. The highest BCUT2D eigenvalue weighted by Crippen LogP contribution is 2.30. The minimum atomic E-state index is 0.935. The Balaban J connectivity index is 0.000000199. The zero-order valence-electron chi connectivity index (χ0n) is 15.7. The molecule has 136 valence electrons. The van der Waals surface area contributed by atoms with Crippen molar-refractivity contribution < 1.29 is 0 Å². The van der Waals surface area contributed by atoms with E-state index in [0.29, 0.717) is 0 Å². The van der Waals surface area contributed by atoms with Crippen LogP contribution in [0.4, 0.5) is 0 Å². The molecule has 0 atom stereocenters. The third-order valence-corrected chi connectivity index (χ3v) is 5.33. The number of rotatable bonds is 3. The Morgan fingerprint density at radius 3 is 2.44 bits per heavy atom. The summed E-state index contributed by atoms with van der Waals surface area (Å²) in [5.41, 5.74) is 3.97. The summed E-state index contributed by atoms with van der Waals surface area (Å²) < 4.78 is 0.935. The molecular weight excluding hydrogens is 346 g/mol. The first-order valence-corrected chi connectivity index (χ1v) is 9.99. The van der Waals surface area contributed by atoms with E-state index in [1.54, 1.807) is 17.4 Å². The van der Waals surface area contributed by atoms with Crippen LogP contribution in [-0.2, 0) is 19.4 Å². The fourth-order valence-electron chi connectivity index (χ4n) is 2.27. The van der Waals surface area contributed by atoms with E-state index in [9.17, 15) is 0 Å². The van der Waals surface area contributed by atoms with E-state index in [0.717, 1.165) is 35.7 Å². The van der Waals surface area contributed by atoms with E-state index in [4.69, 9.17) is 11.6 Å². The number of thiophene rings is 1. The van der Waals surface area contributed by atoms with Crippen LogP contribution in [0.3, 0.4) is 0 Å². The van der Waals surface area contributed by atoms with Gasteiger partial charge in [0.25, 0.3) is 0 Å². The van der Waals surface area contributed by atoms with Gasteiger partial charge in [-0.05, 0) is 43.5 Å². The number of hydrogen-bond acceptors (Lipinski definition) is 2. The van der Waals surface area contributed by atoms with Gasteiger partial charge in [0.1, 0.15) is 0 Å². The second-order valence-electron chi connectivity index (χ2n) is 6.04. The third-order valence-electron chi connectivity index (χ3n) is 4.04. The summed E-state index contributed by atoms with van der Waals surface area (Å²) in [4.78, 5) is 3.78. The maximum Gasteiger partial charge on any atom is 0.0934 e. The SMILES string of the molecule is C=CC(=C)CC.CCc1ccccc1.CN1CCc2cc(Cl)sc2C1. The van der Waals surface area contributed by atoms with Crippen LogP contribution in [0.2, 0.25) is 4.34 Å². The van der Waals surface area contributed by atoms with Crippen molar-refractivity contribution in [2.75, 3.05) is 13.6 Å². The summed E-state index contributed by atoms with van der Waals surface area (Å²) in [5.74, 6) is 0. The highest BCUT2D eigenvalue weighted by Gasteiger charge is 2.15. The predicted octanol–water partition coefficient (Wildman–Crippen LogP) is 6.78. The minimum absolute atomic E-state index is 0.935. The number of allylic oxidation sites excluding steroid dienone is 2. The summed E-state index contributed by atoms with van der Waals surface area (Å²) in [6.45, 7) is 13.7. The minimum Gasteiger partial charge on any atom is -0.301 e. The molecule has 0 spiro atoms. The van der Waals surface area contributed by atoms with Gasteiger partial charge < -0.3 is 4.90 Å². The molecule has 3 rings (SSSR count). The first-order chi connectivity index (χ1) is 12.0. The number of likely N-dealkylation sites (N-methyl/N-ethyl adjacent to an activating group) is 1. The molecule has 0 unspecified atom stereocenters. The van der Waals surface area contributed by atoms with Crippen molar-refractivity contribution in [1.29, 1.82) is 0 Å². The predicted molar refractivity (Wildman–Crippen MR) is 115 cm³/mol. The Labute approximate surface area is 162 Å². The zero-order valence-corrected chi connectivity index (χ0v) is 17.3. The van der Waals surface area contributed by atoms with Crippen LogP contribution in [0, 0.1) is 0 Å². The third kappa shape index (κ3) is 8.53. The molecule has 0 amide bonds. The molecule has 25 heavy (non-hydrogen) atoms. The number of nitrogens with zero attached hydrogens (tertiary/aromatic N) is 1. The van der Waals surface area contributed by atoms with Crippen LogP contribution in [0.5, 0.6) is 0 Å². The van der Waals surface area contributed by atoms with Crippen molar-refractivity contribution in [1.82, 2.24) is 4.90 Å². The summed E-state index contributed by atoms with van der Waals surface area (Å²) in [6.07, 6.45) is 5.10. The Bertz CT molecular complexity index is 645. The standard InChI is InChI=1S/C8H10ClNS.C8H10.C6H10/c1-10-3-2-6-4-8(9)11-7(6)5-10;1-2-8-6-4-3-5-7-8;1-4-6(3)5-2/h4H,2-3,5H2,1H3;3-7H,2H2,1H3;4H,1,3,5H2,2H3. The van der Waals surface area contributed by atoms with Crippen molar-refractivity contribution >= 4 is 22.9 Å². The molecule has 1 aromatic carbocycles. The van der Waals surface area contributed by atoms with Gasteiger partial charge in [-0.2, -0.15) is 0 Å². The molecule has 2 heterocycles. The average molecular weight is 376 g/mol. The maximum absolute atomic E-state index is 5.90. The number of halogens is 1. The van der Waals surface area contributed by atoms with Crippen molar-refractivity contribution in [3.63, 3.8) is 0 Å². The van der Waals surface area contributed by atoms with Crippen LogP contribution in [0.15, 0.2) is 61.2 Å². The first-order valence-electron chi connectivity index (χ1n) is 8.79. The van der Waals surface area contributed by atoms with Crippen LogP contribution in [-0.4, -0.2) is 18.5 Å². The topological polar surface area (TPSA) is 3.24 Å². The molecule has 2 aromatic rings. The van der Waals surface area contributed by atoms with E-state index in [2.05, 4.69) is 69.3 Å². The van der Waals surface area contributed by atoms with Crippen molar-refractivity contribution in [2.45, 2.75) is 39.7 Å². The largest absolute Gasteiger partial charge is 0.301 e. The highest BCUT2D eigenvalue weighted by atomic mass is 35.5. The van der Waals surface area contributed by atoms with Gasteiger partial charge in [0, 0.05) is 18.0 Å². The normalized spacial score (nSPS) is 12.8. The van der Waals surface area contributed by atoms with E-state index < -0.39 is 0 Å². The first kappa shape index (κ1) is 21.7. The number of hydrogen-bond donors (Lipinski definition) is 0. The van der Waals surface area contributed by atoms with Crippen molar-refractivity contribution in [2.24, 2.45) is 0 Å². The van der Waals surface area contributed by atoms with E-state index in [-0.39, 0.29) is 0 Å². The lowest BCUT2D eigenvalue weighted by Gasteiger charge is -2.21. The van der Waals surface area contributed by atoms with E-state index >= 15 is 0 Å². The van der Waals surface area contributed by atoms with Gasteiger partial charge in [-0.3, -0.25) is 0 Å². The van der Waals surface area contributed by atoms with Crippen LogP contribution < -0.4 is 0 Å². The summed E-state index contributed by atoms with van der Waals surface area (Å²) in [5, 5.41) is 0. The molecule has 0 saturated heterocycles. The summed E-state index contributed by atoms with van der Waals surface area (Å²) in [7, 11) is 2.15. The van der Waals surface area contributed by atoms with Crippen LogP contribution >= 0.6 is 22.9 Å². The Kier molecular flexibility index (Phi) is 10.5. The van der Waals surface area contributed by atoms with Gasteiger partial charge in [-0.25, -0.2) is 0 Å². The van der Waals surface area contributed by atoms with E-state index in [1.165, 1.54) is 22.5 Å². The Morgan fingerprint density at radius 2 is 1.96 bits per heavy atom. The molecule has 1 aromatic heterocycles. The van der Waals surface area contributed by atoms with Crippen LogP contribution in [0.25, 0.3) is 0 Å². The van der Waals surface area contributed by atoms with Gasteiger partial charge >= 0.3 is 0 Å². The lowest BCUT2D eigenvalue weighted by atomic mass is 10.1. The molecule has 1 aliphatic heterocycles. The second-order valence-corrected chi connectivity index (χ2v) is 7.81. The molecule has 3 heteroatoms. The molecular formula is C22H30ClNS. The monoisotopic (exact) mass is 375 g/mol. The highest BCUT2D eigenvalue weighted by molar-refractivity contribution is 7.16. The number of aryl methyl sites for hydroxylation is 1. The molecule has 1 aliphatic rings. The molecule has 0 radical (unpaired) electrons. The smallest absolute Gasteiger partial charge is 0.0934 e. The van der Waals surface area contributed by atoms with Crippen molar-refractivity contribution in [3.05, 3.63) is 81.5 Å². The Morgan fingerprint density at radius 1 is 1.28 bits per heavy atom. The maximum atomic E-state index is 5.90. The quantitative estimate of drug-likeness (QED) is 0.534. The summed E-state index contributed by atoms with van der Waals surface area (Å²) in [6, 6.07) is 12.6. The second kappa shape index (κ2) is 12.1. The zero-order chi connectivity index (χ0) is 18.7. The molecule has 1 nitrogen and oxygen atoms in total. The summed E-state index contributed by atoms with van der Waals surface area (Å²) >= 11 is 7.62.